The molecular weight excluding hydrogens is 188 g/mol. The fourth-order valence-corrected chi connectivity index (χ4v) is 1.44. The van der Waals surface area contributed by atoms with Gasteiger partial charge >= 0.3 is 0 Å². The minimum absolute atomic E-state index is 0.687. The summed E-state index contributed by atoms with van der Waals surface area (Å²) in [6, 6.07) is 11.5. The minimum atomic E-state index is -0.687. The summed E-state index contributed by atoms with van der Waals surface area (Å²) in [5, 5.41) is 13.8. The summed E-state index contributed by atoms with van der Waals surface area (Å²) in [6.45, 7) is 3.56. The monoisotopic (exact) mass is 200 g/mol. The predicted octanol–water partition coefficient (Wildman–Crippen LogP) is 2.09. The quantitative estimate of drug-likeness (QED) is 0.770. The zero-order chi connectivity index (χ0) is 10.7. The van der Waals surface area contributed by atoms with Crippen molar-refractivity contribution in [1.82, 2.24) is 9.78 Å². The Hall–Kier alpha value is -1.87. The van der Waals surface area contributed by atoms with Crippen LogP contribution < -0.4 is 0 Å². The van der Waals surface area contributed by atoms with Crippen LogP contribution in [-0.4, -0.2) is 14.9 Å². The summed E-state index contributed by atoms with van der Waals surface area (Å²) in [6.07, 6.45) is 2.46. The first-order chi connectivity index (χ1) is 7.33. The van der Waals surface area contributed by atoms with Crippen molar-refractivity contribution >= 4 is 0 Å². The van der Waals surface area contributed by atoms with Gasteiger partial charge in [0.25, 0.3) is 0 Å². The lowest BCUT2D eigenvalue weighted by atomic mass is 10.2. The summed E-state index contributed by atoms with van der Waals surface area (Å²) < 4.78 is 1.70. The number of aliphatic hydroxyl groups excluding tert-OH is 1. The van der Waals surface area contributed by atoms with E-state index in [0.717, 1.165) is 11.4 Å². The molecule has 0 amide bonds. The van der Waals surface area contributed by atoms with Gasteiger partial charge < -0.3 is 5.11 Å². The van der Waals surface area contributed by atoms with E-state index in [4.69, 9.17) is 0 Å². The van der Waals surface area contributed by atoms with Gasteiger partial charge in [-0.05, 0) is 18.2 Å². The van der Waals surface area contributed by atoms with Crippen molar-refractivity contribution in [2.45, 2.75) is 6.10 Å². The van der Waals surface area contributed by atoms with Crippen LogP contribution in [-0.2, 0) is 0 Å². The summed E-state index contributed by atoms with van der Waals surface area (Å²) in [5.74, 6) is 0. The molecule has 1 N–H and O–H groups in total. The Morgan fingerprint density at radius 2 is 2.00 bits per heavy atom. The van der Waals surface area contributed by atoms with Gasteiger partial charge in [0.15, 0.2) is 0 Å². The van der Waals surface area contributed by atoms with Crippen molar-refractivity contribution < 1.29 is 5.11 Å². The van der Waals surface area contributed by atoms with Crippen LogP contribution in [0.2, 0.25) is 0 Å². The molecule has 0 aliphatic carbocycles. The molecule has 0 aliphatic rings. The molecule has 0 spiro atoms. The van der Waals surface area contributed by atoms with Crippen LogP contribution in [0.15, 0.2) is 55.3 Å². The van der Waals surface area contributed by atoms with Gasteiger partial charge in [0.1, 0.15) is 6.10 Å². The maximum atomic E-state index is 9.68. The summed E-state index contributed by atoms with van der Waals surface area (Å²) in [4.78, 5) is 0. The molecule has 0 aliphatic heterocycles. The summed E-state index contributed by atoms with van der Waals surface area (Å²) in [7, 11) is 0. The molecule has 1 aromatic carbocycles. The highest BCUT2D eigenvalue weighted by atomic mass is 16.3. The third-order valence-corrected chi connectivity index (χ3v) is 2.20. The smallest absolute Gasteiger partial charge is 0.114 e. The zero-order valence-corrected chi connectivity index (χ0v) is 8.24. The van der Waals surface area contributed by atoms with Gasteiger partial charge in [0, 0.05) is 6.20 Å². The molecule has 0 radical (unpaired) electrons. The van der Waals surface area contributed by atoms with Crippen molar-refractivity contribution in [2.75, 3.05) is 0 Å². The van der Waals surface area contributed by atoms with Crippen molar-refractivity contribution in [3.63, 3.8) is 0 Å². The molecule has 1 unspecified atom stereocenters. The topological polar surface area (TPSA) is 38.1 Å². The number of hydrogen-bond acceptors (Lipinski definition) is 2. The molecule has 1 heterocycles. The first kappa shape index (κ1) is 9.68. The van der Waals surface area contributed by atoms with Crippen LogP contribution in [0.3, 0.4) is 0 Å². The van der Waals surface area contributed by atoms with E-state index in [1.54, 1.807) is 16.9 Å². The molecule has 1 aromatic heterocycles. The van der Waals surface area contributed by atoms with Crippen LogP contribution in [0, 0.1) is 0 Å². The highest BCUT2D eigenvalue weighted by Crippen LogP contribution is 2.17. The van der Waals surface area contributed by atoms with E-state index in [0.29, 0.717) is 0 Å². The van der Waals surface area contributed by atoms with E-state index >= 15 is 0 Å². The predicted molar refractivity (Wildman–Crippen MR) is 58.7 cm³/mol. The molecule has 15 heavy (non-hydrogen) atoms. The number of aliphatic hydroxyl groups is 1. The molecule has 2 aromatic rings. The van der Waals surface area contributed by atoms with E-state index in [9.17, 15) is 5.11 Å². The molecule has 76 valence electrons. The van der Waals surface area contributed by atoms with Gasteiger partial charge in [-0.1, -0.05) is 24.3 Å². The molecule has 1 atom stereocenters. The van der Waals surface area contributed by atoms with E-state index < -0.39 is 6.10 Å². The Morgan fingerprint density at radius 1 is 1.27 bits per heavy atom. The lowest BCUT2D eigenvalue weighted by Crippen LogP contribution is -2.05. The number of hydrogen-bond donors (Lipinski definition) is 1. The van der Waals surface area contributed by atoms with Gasteiger partial charge in [0.05, 0.1) is 11.4 Å². The molecule has 3 heteroatoms. The van der Waals surface area contributed by atoms with E-state index in [2.05, 4.69) is 11.7 Å². The second-order valence-corrected chi connectivity index (χ2v) is 3.18. The fourth-order valence-electron chi connectivity index (χ4n) is 1.44. The van der Waals surface area contributed by atoms with Crippen molar-refractivity contribution in [2.24, 2.45) is 0 Å². The van der Waals surface area contributed by atoms with E-state index in [1.807, 2.05) is 30.3 Å². The van der Waals surface area contributed by atoms with Crippen LogP contribution >= 0.6 is 0 Å². The Bertz CT molecular complexity index is 448. The largest absolute Gasteiger partial charge is 0.383 e. The van der Waals surface area contributed by atoms with Crippen LogP contribution in [0.4, 0.5) is 0 Å². The Kier molecular flexibility index (Phi) is 2.65. The molecule has 0 saturated carbocycles. The lowest BCUT2D eigenvalue weighted by Gasteiger charge is -2.09. The number of aromatic nitrogens is 2. The maximum Gasteiger partial charge on any atom is 0.114 e. The average molecular weight is 200 g/mol. The van der Waals surface area contributed by atoms with Crippen LogP contribution in [0.1, 0.15) is 11.8 Å². The van der Waals surface area contributed by atoms with Gasteiger partial charge in [0.2, 0.25) is 0 Å². The lowest BCUT2D eigenvalue weighted by molar-refractivity contribution is 0.220. The summed E-state index contributed by atoms with van der Waals surface area (Å²) in [5.41, 5.74) is 1.65. The second kappa shape index (κ2) is 4.11. The third kappa shape index (κ3) is 1.82. The molecule has 2 rings (SSSR count). The molecule has 0 saturated heterocycles. The first-order valence-corrected chi connectivity index (χ1v) is 4.73. The van der Waals surface area contributed by atoms with Crippen molar-refractivity contribution in [3.05, 3.63) is 60.9 Å². The SMILES string of the molecule is C=CC(O)c1ccnn1-c1ccccc1. The van der Waals surface area contributed by atoms with Crippen LogP contribution in [0.25, 0.3) is 5.69 Å². The number of nitrogens with zero attached hydrogens (tertiary/aromatic N) is 2. The Morgan fingerprint density at radius 3 is 2.67 bits per heavy atom. The normalized spacial score (nSPS) is 12.3. The molecule has 0 bridgehead atoms. The Balaban J connectivity index is 2.46. The maximum absolute atomic E-state index is 9.68. The Labute approximate surface area is 88.3 Å². The van der Waals surface area contributed by atoms with Crippen molar-refractivity contribution in [1.29, 1.82) is 0 Å². The first-order valence-electron chi connectivity index (χ1n) is 4.73. The third-order valence-electron chi connectivity index (χ3n) is 2.20. The number of benzene rings is 1. The van der Waals surface area contributed by atoms with Crippen molar-refractivity contribution in [3.8, 4) is 5.69 Å². The second-order valence-electron chi connectivity index (χ2n) is 3.18. The highest BCUT2D eigenvalue weighted by molar-refractivity contribution is 5.33. The van der Waals surface area contributed by atoms with Gasteiger partial charge in [-0.2, -0.15) is 5.10 Å². The van der Waals surface area contributed by atoms with Gasteiger partial charge in [-0.25, -0.2) is 4.68 Å². The van der Waals surface area contributed by atoms with Gasteiger partial charge in [-0.15, -0.1) is 6.58 Å². The molecular formula is C12H12N2O. The average Bonchev–Trinajstić information content (AvgIpc) is 2.78. The molecule has 3 nitrogen and oxygen atoms in total. The fraction of sp³-hybridized carbons (Fsp3) is 0.0833. The zero-order valence-electron chi connectivity index (χ0n) is 8.24. The number of rotatable bonds is 3. The van der Waals surface area contributed by atoms with E-state index in [1.165, 1.54) is 6.08 Å². The van der Waals surface area contributed by atoms with Crippen LogP contribution in [0.5, 0.6) is 0 Å². The number of para-hydroxylation sites is 1. The van der Waals surface area contributed by atoms with Gasteiger partial charge in [-0.3, -0.25) is 0 Å². The minimum Gasteiger partial charge on any atom is -0.383 e. The highest BCUT2D eigenvalue weighted by Gasteiger charge is 2.10. The standard InChI is InChI=1S/C12H12N2O/c1-2-12(15)11-8-9-13-14(11)10-6-4-3-5-7-10/h2-9,12,15H,1H2. The van der Waals surface area contributed by atoms with E-state index in [-0.39, 0.29) is 0 Å². The summed E-state index contributed by atoms with van der Waals surface area (Å²) >= 11 is 0. The molecule has 0 fully saturated rings.